The summed E-state index contributed by atoms with van der Waals surface area (Å²) < 4.78 is 0. The monoisotopic (exact) mass is 509 g/mol. The van der Waals surface area contributed by atoms with Crippen molar-refractivity contribution in [3.8, 4) is 6.07 Å². The lowest BCUT2D eigenvalue weighted by atomic mass is 10.1. The number of nitrogens with zero attached hydrogens (tertiary/aromatic N) is 2. The van der Waals surface area contributed by atoms with Gasteiger partial charge < -0.3 is 5.32 Å². The summed E-state index contributed by atoms with van der Waals surface area (Å²) in [5.74, 6) is -0.613. The molecule has 1 heterocycles. The van der Waals surface area contributed by atoms with Gasteiger partial charge in [-0.3, -0.25) is 14.5 Å². The van der Waals surface area contributed by atoms with Gasteiger partial charge in [-0.2, -0.15) is 5.26 Å². The maximum absolute atomic E-state index is 13.7. The van der Waals surface area contributed by atoms with Crippen LogP contribution >= 0.6 is 11.8 Å². The van der Waals surface area contributed by atoms with Gasteiger partial charge in [-0.25, -0.2) is 0 Å². The first-order valence-corrected chi connectivity index (χ1v) is 13.5. The van der Waals surface area contributed by atoms with Gasteiger partial charge >= 0.3 is 0 Å². The maximum Gasteiger partial charge on any atom is 0.265 e. The number of thioether (sulfide) groups is 1. The van der Waals surface area contributed by atoms with Gasteiger partial charge in [-0.15, -0.1) is 0 Å². The number of rotatable bonds is 8. The molecular formula is C31H31N3O2S. The van der Waals surface area contributed by atoms with E-state index in [9.17, 15) is 14.9 Å². The zero-order valence-electron chi connectivity index (χ0n) is 21.4. The summed E-state index contributed by atoms with van der Waals surface area (Å²) in [6, 6.07) is 27.4. The van der Waals surface area contributed by atoms with Crippen molar-refractivity contribution in [2.75, 3.05) is 4.90 Å². The molecule has 5 nitrogen and oxygen atoms in total. The predicted octanol–water partition coefficient (Wildman–Crippen LogP) is 6.12. The molecule has 3 aromatic rings. The fourth-order valence-corrected chi connectivity index (χ4v) is 5.63. The van der Waals surface area contributed by atoms with E-state index in [1.54, 1.807) is 4.90 Å². The summed E-state index contributed by atoms with van der Waals surface area (Å²) in [4.78, 5) is 28.6. The third kappa shape index (κ3) is 5.95. The third-order valence-electron chi connectivity index (χ3n) is 6.61. The zero-order valence-corrected chi connectivity index (χ0v) is 22.2. The van der Waals surface area contributed by atoms with Crippen LogP contribution in [0.25, 0.3) is 0 Å². The summed E-state index contributed by atoms with van der Waals surface area (Å²) in [6.07, 6.45) is 2.35. The van der Waals surface area contributed by atoms with Gasteiger partial charge in [0.05, 0.1) is 11.3 Å². The first-order valence-electron chi connectivity index (χ1n) is 12.6. The van der Waals surface area contributed by atoms with Gasteiger partial charge in [0, 0.05) is 5.69 Å². The maximum atomic E-state index is 13.7. The molecule has 0 aliphatic carbocycles. The molecule has 0 bridgehead atoms. The lowest BCUT2D eigenvalue weighted by Gasteiger charge is -2.20. The molecule has 3 aromatic carbocycles. The minimum Gasteiger partial charge on any atom is -0.345 e. The average molecular weight is 510 g/mol. The van der Waals surface area contributed by atoms with Crippen LogP contribution in [-0.2, 0) is 28.9 Å². The van der Waals surface area contributed by atoms with Crippen LogP contribution in [0.2, 0.25) is 0 Å². The Balaban J connectivity index is 1.68. The molecule has 2 amide bonds. The number of nitrogens with one attached hydrogen (secondary N) is 1. The molecule has 2 atom stereocenters. The molecule has 1 fully saturated rings. The minimum atomic E-state index is -0.489. The van der Waals surface area contributed by atoms with Crippen LogP contribution in [0.5, 0.6) is 0 Å². The summed E-state index contributed by atoms with van der Waals surface area (Å²) >= 11 is 1.29. The van der Waals surface area contributed by atoms with E-state index in [0.29, 0.717) is 17.1 Å². The summed E-state index contributed by atoms with van der Waals surface area (Å²) in [6.45, 7) is 6.06. The molecule has 1 saturated heterocycles. The Labute approximate surface area is 223 Å². The normalized spacial score (nSPS) is 17.3. The molecule has 1 aliphatic heterocycles. The minimum absolute atomic E-state index is 0.0514. The Morgan fingerprint density at radius 2 is 1.51 bits per heavy atom. The van der Waals surface area contributed by atoms with Crippen molar-refractivity contribution in [3.05, 3.63) is 112 Å². The van der Waals surface area contributed by atoms with Crippen molar-refractivity contribution in [3.63, 3.8) is 0 Å². The lowest BCUT2D eigenvalue weighted by Crippen LogP contribution is -2.32. The van der Waals surface area contributed by atoms with Gasteiger partial charge in [0.1, 0.15) is 16.7 Å². The number of nitriles is 1. The fraction of sp³-hybridized carbons (Fsp3) is 0.258. The van der Waals surface area contributed by atoms with Crippen LogP contribution in [0.4, 0.5) is 5.69 Å². The van der Waals surface area contributed by atoms with Crippen molar-refractivity contribution in [1.29, 1.82) is 5.26 Å². The second-order valence-corrected chi connectivity index (χ2v) is 10.3. The molecule has 37 heavy (non-hydrogen) atoms. The van der Waals surface area contributed by atoms with Crippen LogP contribution in [0, 0.1) is 11.3 Å². The summed E-state index contributed by atoms with van der Waals surface area (Å²) in [5, 5.41) is 13.0. The van der Waals surface area contributed by atoms with Crippen LogP contribution < -0.4 is 10.2 Å². The Morgan fingerprint density at radius 1 is 0.946 bits per heavy atom. The van der Waals surface area contributed by atoms with E-state index in [4.69, 9.17) is 0 Å². The van der Waals surface area contributed by atoms with Gasteiger partial charge in [0.15, 0.2) is 0 Å². The Hall–Kier alpha value is -3.82. The third-order valence-corrected chi connectivity index (χ3v) is 7.87. The second kappa shape index (κ2) is 11.9. The number of aryl methyl sites for hydroxylation is 2. The Kier molecular flexibility index (Phi) is 8.47. The molecule has 0 aromatic heterocycles. The van der Waals surface area contributed by atoms with Gasteiger partial charge in [0.2, 0.25) is 5.91 Å². The zero-order chi connectivity index (χ0) is 26.4. The quantitative estimate of drug-likeness (QED) is 0.293. The first kappa shape index (κ1) is 26.2. The second-order valence-electron chi connectivity index (χ2n) is 9.07. The van der Waals surface area contributed by atoms with Gasteiger partial charge in [0.25, 0.3) is 5.91 Å². The molecule has 0 spiro atoms. The van der Waals surface area contributed by atoms with E-state index in [2.05, 4.69) is 37.4 Å². The Bertz CT molecular complexity index is 1330. The number of benzene rings is 3. The molecule has 1 aliphatic rings. The molecule has 0 saturated carbocycles. The van der Waals surface area contributed by atoms with Crippen molar-refractivity contribution in [2.24, 2.45) is 0 Å². The highest BCUT2D eigenvalue weighted by molar-refractivity contribution is 8.05. The number of carbonyl (C=O) groups is 2. The van der Waals surface area contributed by atoms with Crippen molar-refractivity contribution in [1.82, 2.24) is 5.32 Å². The molecule has 6 heteroatoms. The molecule has 1 N–H and O–H groups in total. The summed E-state index contributed by atoms with van der Waals surface area (Å²) in [5.41, 5.74) is 4.98. The molecular weight excluding hydrogens is 478 g/mol. The summed E-state index contributed by atoms with van der Waals surface area (Å²) in [7, 11) is 0. The van der Waals surface area contributed by atoms with E-state index in [1.165, 1.54) is 17.3 Å². The highest BCUT2D eigenvalue weighted by Crippen LogP contribution is 2.42. The van der Waals surface area contributed by atoms with Crippen LogP contribution in [0.1, 0.15) is 49.1 Å². The van der Waals surface area contributed by atoms with E-state index in [0.717, 1.165) is 29.5 Å². The number of hydrogen-bond acceptors (Lipinski definition) is 4. The number of amides is 2. The van der Waals surface area contributed by atoms with Crippen molar-refractivity contribution in [2.45, 2.75) is 51.3 Å². The van der Waals surface area contributed by atoms with Gasteiger partial charge in [-0.05, 0) is 60.6 Å². The standard InChI is InChI=1S/C31H31N3O2S/c1-4-22-11-13-24(14-12-22)19-28-30(36)34(26-17-15-23(5-2)16-18-26)31(37-28)27(20-32)29(35)33-21(3)25-9-7-6-8-10-25/h6-18,21,28H,4-5,19H2,1-3H3,(H,33,35)/b31-27-. The highest BCUT2D eigenvalue weighted by Gasteiger charge is 2.41. The SMILES string of the molecule is CCc1ccc(CC2S/C(=C(/C#N)C(=O)NC(C)c3ccccc3)N(c3ccc(CC)cc3)C2=O)cc1. The molecule has 4 rings (SSSR count). The predicted molar refractivity (Wildman–Crippen MR) is 150 cm³/mol. The van der Waals surface area contributed by atoms with Crippen LogP contribution in [-0.4, -0.2) is 17.1 Å². The van der Waals surface area contributed by atoms with E-state index in [1.807, 2.05) is 73.7 Å². The van der Waals surface area contributed by atoms with E-state index >= 15 is 0 Å². The molecule has 188 valence electrons. The van der Waals surface area contributed by atoms with E-state index in [-0.39, 0.29) is 17.5 Å². The van der Waals surface area contributed by atoms with Crippen LogP contribution in [0.15, 0.2) is 89.5 Å². The van der Waals surface area contributed by atoms with Crippen molar-refractivity contribution >= 4 is 29.3 Å². The smallest absolute Gasteiger partial charge is 0.265 e. The lowest BCUT2D eigenvalue weighted by molar-refractivity contribution is -0.117. The number of anilines is 1. The van der Waals surface area contributed by atoms with Crippen molar-refractivity contribution < 1.29 is 9.59 Å². The topological polar surface area (TPSA) is 73.2 Å². The highest BCUT2D eigenvalue weighted by atomic mass is 32.2. The number of hydrogen-bond donors (Lipinski definition) is 1. The van der Waals surface area contributed by atoms with Crippen LogP contribution in [0.3, 0.4) is 0 Å². The molecule has 0 radical (unpaired) electrons. The van der Waals surface area contributed by atoms with Gasteiger partial charge in [-0.1, -0.05) is 92.3 Å². The Morgan fingerprint density at radius 3 is 2.08 bits per heavy atom. The fourth-order valence-electron chi connectivity index (χ4n) is 4.32. The number of carbonyl (C=O) groups excluding carboxylic acids is 2. The average Bonchev–Trinajstić information content (AvgIpc) is 3.25. The first-order chi connectivity index (χ1) is 17.9. The largest absolute Gasteiger partial charge is 0.345 e. The molecule has 2 unspecified atom stereocenters. The van der Waals surface area contributed by atoms with E-state index < -0.39 is 11.2 Å².